The van der Waals surface area contributed by atoms with Gasteiger partial charge in [-0.15, -0.1) is 0 Å². The molecule has 1 atom stereocenters. The first-order valence-electron chi connectivity index (χ1n) is 8.99. The number of benzene rings is 2. The number of rotatable bonds is 3. The summed E-state index contributed by atoms with van der Waals surface area (Å²) in [6.45, 7) is 11.6. The van der Waals surface area contributed by atoms with E-state index in [2.05, 4.69) is 77.1 Å². The quantitative estimate of drug-likeness (QED) is 0.541. The molecule has 0 spiro atoms. The molecule has 3 rings (SSSR count). The number of hydrogen-bond acceptors (Lipinski definition) is 0. The Hall–Kier alpha value is -0.937. The van der Waals surface area contributed by atoms with Gasteiger partial charge in [0.1, 0.15) is 0 Å². The van der Waals surface area contributed by atoms with Gasteiger partial charge < -0.3 is 0 Å². The molecule has 0 N–H and O–H groups in total. The molecule has 1 heteroatoms. The summed E-state index contributed by atoms with van der Waals surface area (Å²) in [5.74, 6) is 0. The average molecular weight is 395 g/mol. The molecule has 1 aliphatic rings. The van der Waals surface area contributed by atoms with Crippen molar-refractivity contribution in [1.29, 1.82) is 0 Å². The number of allylic oxidation sites excluding steroid dienone is 2. The van der Waals surface area contributed by atoms with Crippen molar-refractivity contribution in [2.45, 2.75) is 51.1 Å². The molecule has 0 nitrogen and oxygen atoms in total. The summed E-state index contributed by atoms with van der Waals surface area (Å²) in [6.07, 6.45) is 2.37. The van der Waals surface area contributed by atoms with Crippen LogP contribution in [0, 0.1) is 5.41 Å². The normalized spacial score (nSPS) is 17.2. The Morgan fingerprint density at radius 2 is 1.67 bits per heavy atom. The summed E-state index contributed by atoms with van der Waals surface area (Å²) in [7, 11) is 0. The summed E-state index contributed by atoms with van der Waals surface area (Å²) in [5.41, 5.74) is 10.6. The Balaban J connectivity index is 2.13. The van der Waals surface area contributed by atoms with Gasteiger partial charge in [0.25, 0.3) is 0 Å². The molecular formula is C23H27Zr. The molecule has 0 saturated heterocycles. The van der Waals surface area contributed by atoms with Crippen LogP contribution < -0.4 is 0 Å². The SMILES string of the molecule is CCCc1ccc(-c2cccc3c2C(C)=C(C(C)(C)C)[CH]3[Zr])cc1. The van der Waals surface area contributed by atoms with Crippen LogP contribution in [0.25, 0.3) is 16.7 Å². The Labute approximate surface area is 162 Å². The Kier molecular flexibility index (Phi) is 5.03. The number of hydrogen-bond donors (Lipinski definition) is 0. The molecule has 1 unspecified atom stereocenters. The van der Waals surface area contributed by atoms with Gasteiger partial charge in [0, 0.05) is 0 Å². The molecule has 0 aromatic heterocycles. The van der Waals surface area contributed by atoms with Gasteiger partial charge in [-0.3, -0.25) is 0 Å². The topological polar surface area (TPSA) is 0 Å². The van der Waals surface area contributed by atoms with E-state index in [1.807, 2.05) is 0 Å². The van der Waals surface area contributed by atoms with E-state index in [1.54, 1.807) is 30.3 Å². The van der Waals surface area contributed by atoms with E-state index >= 15 is 0 Å². The molecule has 0 saturated carbocycles. The number of aryl methyl sites for hydroxylation is 1. The van der Waals surface area contributed by atoms with Crippen LogP contribution in [0.3, 0.4) is 0 Å². The fourth-order valence-electron chi connectivity index (χ4n) is 4.11. The maximum absolute atomic E-state index is 2.36. The second-order valence-corrected chi connectivity index (χ2v) is 9.36. The van der Waals surface area contributed by atoms with Crippen LogP contribution in [-0.4, -0.2) is 0 Å². The van der Waals surface area contributed by atoms with Crippen molar-refractivity contribution in [2.75, 3.05) is 0 Å². The predicted octanol–water partition coefficient (Wildman–Crippen LogP) is 6.73. The summed E-state index contributed by atoms with van der Waals surface area (Å²) in [5, 5.41) is 0. The summed E-state index contributed by atoms with van der Waals surface area (Å²) in [6, 6.07) is 16.1. The molecule has 0 fully saturated rings. The minimum absolute atomic E-state index is 0.236. The first kappa shape index (κ1) is 17.9. The van der Waals surface area contributed by atoms with Gasteiger partial charge in [0.05, 0.1) is 0 Å². The van der Waals surface area contributed by atoms with E-state index in [0.29, 0.717) is 3.63 Å². The molecule has 0 amide bonds. The van der Waals surface area contributed by atoms with Crippen molar-refractivity contribution in [3.63, 3.8) is 0 Å². The van der Waals surface area contributed by atoms with Crippen molar-refractivity contribution in [1.82, 2.24) is 0 Å². The van der Waals surface area contributed by atoms with Crippen molar-refractivity contribution in [3.8, 4) is 11.1 Å². The fourth-order valence-corrected chi connectivity index (χ4v) is 6.30. The molecule has 0 radical (unpaired) electrons. The Bertz CT molecular complexity index is 773. The third-order valence-corrected chi connectivity index (χ3v) is 6.56. The zero-order chi connectivity index (χ0) is 17.5. The van der Waals surface area contributed by atoms with Crippen molar-refractivity contribution in [2.24, 2.45) is 5.41 Å². The standard InChI is InChI=1S/C23H27.Zr/c1-6-8-17-11-13-18(14-12-17)20-10-7-9-19-15-21(23(3,4)5)16(2)22(19)20;/h7,9-15H,6,8H2,1-5H3;. The monoisotopic (exact) mass is 393 g/mol. The molecule has 2 aromatic rings. The third-order valence-electron chi connectivity index (χ3n) is 5.09. The van der Waals surface area contributed by atoms with Gasteiger partial charge in [0.15, 0.2) is 0 Å². The third kappa shape index (κ3) is 3.13. The molecular weight excluding hydrogens is 367 g/mol. The van der Waals surface area contributed by atoms with Crippen molar-refractivity contribution < 1.29 is 24.7 Å². The molecule has 0 bridgehead atoms. The maximum atomic E-state index is 2.36. The summed E-state index contributed by atoms with van der Waals surface area (Å²) in [4.78, 5) is 0. The second-order valence-electron chi connectivity index (χ2n) is 7.94. The molecule has 0 heterocycles. The second kappa shape index (κ2) is 6.76. The van der Waals surface area contributed by atoms with Crippen LogP contribution in [0.5, 0.6) is 0 Å². The zero-order valence-corrected chi connectivity index (χ0v) is 18.0. The summed E-state index contributed by atoms with van der Waals surface area (Å²) < 4.78 is 0.603. The van der Waals surface area contributed by atoms with Gasteiger partial charge in [-0.1, -0.05) is 0 Å². The van der Waals surface area contributed by atoms with Crippen molar-refractivity contribution >= 4 is 5.57 Å². The van der Waals surface area contributed by atoms with E-state index < -0.39 is 0 Å². The molecule has 2 aromatic carbocycles. The van der Waals surface area contributed by atoms with Crippen LogP contribution in [0.15, 0.2) is 48.0 Å². The summed E-state index contributed by atoms with van der Waals surface area (Å²) >= 11 is 1.60. The van der Waals surface area contributed by atoms with Gasteiger partial charge in [0.2, 0.25) is 0 Å². The van der Waals surface area contributed by atoms with Gasteiger partial charge >= 0.3 is 163 Å². The zero-order valence-electron chi connectivity index (χ0n) is 15.5. The van der Waals surface area contributed by atoms with E-state index in [4.69, 9.17) is 0 Å². The Morgan fingerprint density at radius 3 is 2.25 bits per heavy atom. The van der Waals surface area contributed by atoms with Crippen molar-refractivity contribution in [3.05, 3.63) is 64.7 Å². The molecule has 0 aliphatic heterocycles. The van der Waals surface area contributed by atoms with Crippen LogP contribution >= 0.6 is 0 Å². The van der Waals surface area contributed by atoms with Crippen LogP contribution in [0.2, 0.25) is 0 Å². The van der Waals surface area contributed by atoms with E-state index in [-0.39, 0.29) is 5.41 Å². The molecule has 123 valence electrons. The van der Waals surface area contributed by atoms with Crippen LogP contribution in [-0.2, 0) is 31.1 Å². The number of fused-ring (bicyclic) bond motifs is 1. The van der Waals surface area contributed by atoms with Crippen LogP contribution in [0.4, 0.5) is 0 Å². The van der Waals surface area contributed by atoms with Gasteiger partial charge in [-0.2, -0.15) is 0 Å². The fraction of sp³-hybridized carbons (Fsp3) is 0.391. The molecule has 1 aliphatic carbocycles. The predicted molar refractivity (Wildman–Crippen MR) is 101 cm³/mol. The molecule has 24 heavy (non-hydrogen) atoms. The van der Waals surface area contributed by atoms with E-state index in [0.717, 1.165) is 0 Å². The average Bonchev–Trinajstić information content (AvgIpc) is 2.80. The van der Waals surface area contributed by atoms with E-state index in [9.17, 15) is 0 Å². The van der Waals surface area contributed by atoms with E-state index in [1.165, 1.54) is 46.2 Å². The van der Waals surface area contributed by atoms with Gasteiger partial charge in [-0.05, 0) is 0 Å². The first-order valence-corrected chi connectivity index (χ1v) is 10.4. The van der Waals surface area contributed by atoms with Gasteiger partial charge in [-0.25, -0.2) is 0 Å². The van der Waals surface area contributed by atoms with Crippen LogP contribution in [0.1, 0.15) is 61.4 Å². The first-order chi connectivity index (χ1) is 11.3. The minimum atomic E-state index is 0.236. The Morgan fingerprint density at radius 1 is 1.00 bits per heavy atom.